The Labute approximate surface area is 155 Å². The normalized spacial score (nSPS) is 16.8. The molecule has 0 saturated carbocycles. The fourth-order valence-electron chi connectivity index (χ4n) is 2.95. The lowest BCUT2D eigenvalue weighted by molar-refractivity contribution is -0.139. The minimum atomic E-state index is -0.511. The van der Waals surface area contributed by atoms with Crippen molar-refractivity contribution in [2.24, 2.45) is 0 Å². The molecule has 0 saturated heterocycles. The number of hydrogen-bond donors (Lipinski definition) is 2. The molecule has 0 unspecified atom stereocenters. The lowest BCUT2D eigenvalue weighted by Crippen LogP contribution is -2.45. The molecule has 0 bridgehead atoms. The highest BCUT2D eigenvalue weighted by Crippen LogP contribution is 2.28. The second-order valence-electron chi connectivity index (χ2n) is 6.75. The van der Waals surface area contributed by atoms with Gasteiger partial charge in [0, 0.05) is 25.5 Å². The molecule has 0 radical (unpaired) electrons. The highest BCUT2D eigenvalue weighted by Gasteiger charge is 2.32. The van der Waals surface area contributed by atoms with Crippen LogP contribution in [-0.4, -0.2) is 32.7 Å². The van der Waals surface area contributed by atoms with Gasteiger partial charge >= 0.3 is 12.0 Å². The van der Waals surface area contributed by atoms with Crippen LogP contribution in [0, 0.1) is 0 Å². The number of amides is 2. The van der Waals surface area contributed by atoms with Crippen LogP contribution < -0.4 is 15.5 Å². The predicted molar refractivity (Wildman–Crippen MR) is 103 cm³/mol. The van der Waals surface area contributed by atoms with Gasteiger partial charge in [-0.25, -0.2) is 9.59 Å². The number of hydrogen-bond acceptors (Lipinski definition) is 4. The zero-order valence-electron chi connectivity index (χ0n) is 16.1. The lowest BCUT2D eigenvalue weighted by Gasteiger charge is -2.28. The summed E-state index contributed by atoms with van der Waals surface area (Å²) in [6, 6.07) is 6.95. The van der Waals surface area contributed by atoms with Crippen molar-refractivity contribution in [3.8, 4) is 0 Å². The number of benzene rings is 1. The minimum Gasteiger partial charge on any atom is -0.462 e. The van der Waals surface area contributed by atoms with E-state index < -0.39 is 6.04 Å². The molecule has 1 aromatic carbocycles. The summed E-state index contributed by atoms with van der Waals surface area (Å²) in [5, 5.41) is 5.50. The zero-order valence-corrected chi connectivity index (χ0v) is 16.1. The summed E-state index contributed by atoms with van der Waals surface area (Å²) in [6.45, 7) is 4.27. The van der Waals surface area contributed by atoms with Gasteiger partial charge in [-0.3, -0.25) is 0 Å². The molecule has 142 valence electrons. The van der Waals surface area contributed by atoms with E-state index >= 15 is 0 Å². The van der Waals surface area contributed by atoms with Gasteiger partial charge in [0.2, 0.25) is 0 Å². The van der Waals surface area contributed by atoms with Gasteiger partial charge < -0.3 is 20.3 Å². The molecule has 0 fully saturated rings. The third-order valence-corrected chi connectivity index (χ3v) is 4.46. The van der Waals surface area contributed by atoms with E-state index in [9.17, 15) is 9.59 Å². The molecule has 1 aliphatic heterocycles. The van der Waals surface area contributed by atoms with Crippen molar-refractivity contribution in [3.05, 3.63) is 41.1 Å². The van der Waals surface area contributed by atoms with Gasteiger partial charge in [-0.2, -0.15) is 0 Å². The third-order valence-electron chi connectivity index (χ3n) is 4.46. The maximum atomic E-state index is 12.6. The number of rotatable bonds is 8. The first kappa shape index (κ1) is 19.8. The summed E-state index contributed by atoms with van der Waals surface area (Å²) in [5.74, 6) is -0.381. The van der Waals surface area contributed by atoms with E-state index in [1.54, 1.807) is 6.92 Å². The van der Waals surface area contributed by atoms with Crippen LogP contribution in [0.1, 0.15) is 51.1 Å². The van der Waals surface area contributed by atoms with Crippen LogP contribution in [0.5, 0.6) is 0 Å². The number of nitrogens with zero attached hydrogens (tertiary/aromatic N) is 1. The van der Waals surface area contributed by atoms with E-state index in [1.165, 1.54) is 0 Å². The van der Waals surface area contributed by atoms with Crippen LogP contribution in [-0.2, 0) is 9.53 Å². The standard InChI is InChI=1S/C20H29N3O3/c1-5-6-7-8-13-26-19(24)17-14(2)21-20(25)22-18(17)15-9-11-16(12-10-15)23(3)4/h9-12,18H,5-8,13H2,1-4H3,(H2,21,22,25)/t18-/m0/s1. The van der Waals surface area contributed by atoms with Crippen molar-refractivity contribution in [2.45, 2.75) is 45.6 Å². The van der Waals surface area contributed by atoms with Gasteiger partial charge in [-0.15, -0.1) is 0 Å². The first-order valence-corrected chi connectivity index (χ1v) is 9.16. The minimum absolute atomic E-state index is 0.316. The molecule has 0 aromatic heterocycles. The smallest absolute Gasteiger partial charge is 0.338 e. The van der Waals surface area contributed by atoms with Crippen molar-refractivity contribution < 1.29 is 14.3 Å². The number of carbonyl (C=O) groups is 2. The van der Waals surface area contributed by atoms with E-state index in [-0.39, 0.29) is 12.0 Å². The van der Waals surface area contributed by atoms with E-state index in [0.717, 1.165) is 36.9 Å². The van der Waals surface area contributed by atoms with Crippen molar-refractivity contribution in [1.82, 2.24) is 10.6 Å². The number of allylic oxidation sites excluding steroid dienone is 1. The maximum absolute atomic E-state index is 12.6. The molecular weight excluding hydrogens is 330 g/mol. The molecule has 1 heterocycles. The molecule has 2 rings (SSSR count). The Hall–Kier alpha value is -2.50. The van der Waals surface area contributed by atoms with Gasteiger partial charge in [0.25, 0.3) is 0 Å². The SMILES string of the molecule is CCCCCCOC(=O)C1=C(C)NC(=O)N[C@H]1c1ccc(N(C)C)cc1. The van der Waals surface area contributed by atoms with Crippen LogP contribution >= 0.6 is 0 Å². The van der Waals surface area contributed by atoms with E-state index in [2.05, 4.69) is 17.6 Å². The molecular formula is C20H29N3O3. The summed E-state index contributed by atoms with van der Waals surface area (Å²) < 4.78 is 5.45. The maximum Gasteiger partial charge on any atom is 0.338 e. The summed E-state index contributed by atoms with van der Waals surface area (Å²) in [7, 11) is 3.93. The number of anilines is 1. The van der Waals surface area contributed by atoms with Crippen molar-refractivity contribution in [2.75, 3.05) is 25.6 Å². The Balaban J connectivity index is 2.15. The van der Waals surface area contributed by atoms with Crippen molar-refractivity contribution in [1.29, 1.82) is 0 Å². The summed E-state index contributed by atoms with van der Waals surface area (Å²) in [6.07, 6.45) is 4.18. The Morgan fingerprint density at radius 2 is 1.85 bits per heavy atom. The van der Waals surface area contributed by atoms with E-state index in [1.807, 2.05) is 43.3 Å². The topological polar surface area (TPSA) is 70.7 Å². The Morgan fingerprint density at radius 3 is 2.46 bits per heavy atom. The van der Waals surface area contributed by atoms with Gasteiger partial charge in [0.05, 0.1) is 18.2 Å². The number of unbranched alkanes of at least 4 members (excludes halogenated alkanes) is 3. The molecule has 26 heavy (non-hydrogen) atoms. The molecule has 0 spiro atoms. The number of ether oxygens (including phenoxy) is 1. The number of nitrogens with one attached hydrogen (secondary N) is 2. The highest BCUT2D eigenvalue weighted by molar-refractivity contribution is 5.95. The first-order chi connectivity index (χ1) is 12.4. The van der Waals surface area contributed by atoms with E-state index in [4.69, 9.17) is 4.74 Å². The Bertz CT molecular complexity index is 665. The number of urea groups is 1. The molecule has 6 nitrogen and oxygen atoms in total. The molecule has 2 amide bonds. The van der Waals surface area contributed by atoms with Crippen LogP contribution in [0.3, 0.4) is 0 Å². The number of esters is 1. The molecule has 2 N–H and O–H groups in total. The summed E-state index contributed by atoms with van der Waals surface area (Å²) in [4.78, 5) is 26.5. The van der Waals surface area contributed by atoms with Gasteiger partial charge in [-0.1, -0.05) is 38.3 Å². The Kier molecular flexibility index (Phi) is 7.06. The van der Waals surface area contributed by atoms with Crippen LogP contribution in [0.2, 0.25) is 0 Å². The van der Waals surface area contributed by atoms with Gasteiger partial charge in [0.15, 0.2) is 0 Å². The zero-order chi connectivity index (χ0) is 19.1. The fourth-order valence-corrected chi connectivity index (χ4v) is 2.95. The first-order valence-electron chi connectivity index (χ1n) is 9.16. The van der Waals surface area contributed by atoms with Crippen molar-refractivity contribution in [3.63, 3.8) is 0 Å². The predicted octanol–water partition coefficient (Wildman–Crippen LogP) is 3.50. The van der Waals surface area contributed by atoms with Gasteiger partial charge in [-0.05, 0) is 31.0 Å². The quantitative estimate of drug-likeness (QED) is 0.550. The third kappa shape index (κ3) is 5.00. The molecule has 6 heteroatoms. The average molecular weight is 359 g/mol. The summed E-state index contributed by atoms with van der Waals surface area (Å²) >= 11 is 0. The van der Waals surface area contributed by atoms with Gasteiger partial charge in [0.1, 0.15) is 0 Å². The average Bonchev–Trinajstić information content (AvgIpc) is 2.60. The van der Waals surface area contributed by atoms with E-state index in [0.29, 0.717) is 17.9 Å². The van der Waals surface area contributed by atoms with Crippen molar-refractivity contribution >= 4 is 17.7 Å². The second kappa shape index (κ2) is 9.27. The number of carbonyl (C=O) groups excluding carboxylic acids is 2. The molecule has 1 aromatic rings. The molecule has 1 aliphatic rings. The lowest BCUT2D eigenvalue weighted by atomic mass is 9.95. The fraction of sp³-hybridized carbons (Fsp3) is 0.500. The Morgan fingerprint density at radius 1 is 1.15 bits per heavy atom. The summed E-state index contributed by atoms with van der Waals surface area (Å²) in [5.41, 5.74) is 2.89. The van der Waals surface area contributed by atoms with Crippen LogP contribution in [0.4, 0.5) is 10.5 Å². The van der Waals surface area contributed by atoms with Crippen LogP contribution in [0.15, 0.2) is 35.5 Å². The second-order valence-corrected chi connectivity index (χ2v) is 6.75. The monoisotopic (exact) mass is 359 g/mol. The molecule has 0 aliphatic carbocycles. The largest absolute Gasteiger partial charge is 0.462 e. The highest BCUT2D eigenvalue weighted by atomic mass is 16.5. The van der Waals surface area contributed by atoms with Crippen LogP contribution in [0.25, 0.3) is 0 Å². The molecule has 1 atom stereocenters.